The van der Waals surface area contributed by atoms with Crippen LogP contribution in [0.25, 0.3) is 0 Å². The van der Waals surface area contributed by atoms with E-state index >= 15 is 0 Å². The summed E-state index contributed by atoms with van der Waals surface area (Å²) < 4.78 is 0. The number of rotatable bonds is 8. The average Bonchev–Trinajstić information content (AvgIpc) is 2.48. The Morgan fingerprint density at radius 1 is 1.05 bits per heavy atom. The van der Waals surface area contributed by atoms with Crippen LogP contribution in [0, 0.1) is 11.3 Å². The van der Waals surface area contributed by atoms with Crippen molar-refractivity contribution in [2.75, 3.05) is 37.6 Å². The number of anilines is 1. The van der Waals surface area contributed by atoms with Crippen LogP contribution in [0.2, 0.25) is 0 Å². The fourth-order valence-corrected chi connectivity index (χ4v) is 2.00. The Balaban J connectivity index is 2.51. The lowest BCUT2D eigenvalue weighted by molar-refractivity contribution is 0.300. The molecule has 0 unspecified atom stereocenters. The Bertz CT molecular complexity index is 391. The Hall–Kier alpha value is -1.67. The standard InChI is InChI=1S/C14H23N5/c1-4-18(5-2)8-7-9-19(6-3)14-12-16-13(10-15)11-17-14/h11-12H,4-9H2,1-3H3. The second-order valence-corrected chi connectivity index (χ2v) is 4.33. The van der Waals surface area contributed by atoms with Crippen molar-refractivity contribution in [2.45, 2.75) is 27.2 Å². The Morgan fingerprint density at radius 3 is 2.26 bits per heavy atom. The van der Waals surface area contributed by atoms with Gasteiger partial charge >= 0.3 is 0 Å². The average molecular weight is 261 g/mol. The molecule has 0 saturated carbocycles. The van der Waals surface area contributed by atoms with Crippen LogP contribution in [0.4, 0.5) is 5.82 Å². The van der Waals surface area contributed by atoms with Gasteiger partial charge in [0.05, 0.1) is 12.4 Å². The van der Waals surface area contributed by atoms with E-state index in [0.29, 0.717) is 5.69 Å². The maximum absolute atomic E-state index is 8.71. The van der Waals surface area contributed by atoms with E-state index in [4.69, 9.17) is 5.26 Å². The molecule has 0 aliphatic carbocycles. The van der Waals surface area contributed by atoms with Gasteiger partial charge in [-0.25, -0.2) is 9.97 Å². The van der Waals surface area contributed by atoms with Gasteiger partial charge in [-0.1, -0.05) is 13.8 Å². The van der Waals surface area contributed by atoms with Crippen molar-refractivity contribution in [3.05, 3.63) is 18.1 Å². The molecule has 5 nitrogen and oxygen atoms in total. The highest BCUT2D eigenvalue weighted by molar-refractivity contribution is 5.36. The largest absolute Gasteiger partial charge is 0.356 e. The van der Waals surface area contributed by atoms with Crippen molar-refractivity contribution in [2.24, 2.45) is 0 Å². The van der Waals surface area contributed by atoms with Gasteiger partial charge < -0.3 is 9.80 Å². The van der Waals surface area contributed by atoms with E-state index in [2.05, 4.69) is 40.5 Å². The van der Waals surface area contributed by atoms with Crippen LogP contribution in [0.3, 0.4) is 0 Å². The number of nitrogens with zero attached hydrogens (tertiary/aromatic N) is 5. The highest BCUT2D eigenvalue weighted by Crippen LogP contribution is 2.09. The number of hydrogen-bond donors (Lipinski definition) is 0. The number of hydrogen-bond acceptors (Lipinski definition) is 5. The van der Waals surface area contributed by atoms with Gasteiger partial charge in [0.1, 0.15) is 11.9 Å². The highest BCUT2D eigenvalue weighted by atomic mass is 15.2. The van der Waals surface area contributed by atoms with E-state index in [-0.39, 0.29) is 0 Å². The van der Waals surface area contributed by atoms with Gasteiger partial charge in [-0.3, -0.25) is 0 Å². The van der Waals surface area contributed by atoms with Crippen molar-refractivity contribution >= 4 is 5.82 Å². The van der Waals surface area contributed by atoms with Gasteiger partial charge in [0.15, 0.2) is 5.69 Å². The molecule has 0 amide bonds. The molecule has 1 aromatic heterocycles. The fourth-order valence-electron chi connectivity index (χ4n) is 2.00. The molecule has 0 aliphatic rings. The number of aromatic nitrogens is 2. The third kappa shape index (κ3) is 4.84. The molecule has 0 spiro atoms. The van der Waals surface area contributed by atoms with E-state index in [0.717, 1.165) is 45.0 Å². The lowest BCUT2D eigenvalue weighted by Crippen LogP contribution is -2.30. The van der Waals surface area contributed by atoms with Gasteiger partial charge in [0, 0.05) is 13.1 Å². The first-order valence-corrected chi connectivity index (χ1v) is 6.94. The molecule has 0 aromatic carbocycles. The van der Waals surface area contributed by atoms with Crippen LogP contribution >= 0.6 is 0 Å². The van der Waals surface area contributed by atoms with Crippen LogP contribution in [0.15, 0.2) is 12.4 Å². The van der Waals surface area contributed by atoms with Crippen molar-refractivity contribution in [1.29, 1.82) is 5.26 Å². The molecule has 1 rings (SSSR count). The first-order valence-electron chi connectivity index (χ1n) is 6.94. The van der Waals surface area contributed by atoms with E-state index in [1.807, 2.05) is 6.07 Å². The third-order valence-corrected chi connectivity index (χ3v) is 3.26. The van der Waals surface area contributed by atoms with Crippen molar-refractivity contribution in [3.63, 3.8) is 0 Å². The Morgan fingerprint density at radius 2 is 1.79 bits per heavy atom. The Kier molecular flexibility index (Phi) is 6.83. The summed E-state index contributed by atoms with van der Waals surface area (Å²) >= 11 is 0. The Labute approximate surface area is 115 Å². The zero-order chi connectivity index (χ0) is 14.1. The van der Waals surface area contributed by atoms with E-state index in [1.165, 1.54) is 6.20 Å². The van der Waals surface area contributed by atoms with Gasteiger partial charge in [-0.05, 0) is 33.0 Å². The molecule has 1 aromatic rings. The summed E-state index contributed by atoms with van der Waals surface area (Å²) in [5.74, 6) is 0.848. The van der Waals surface area contributed by atoms with Crippen molar-refractivity contribution in [1.82, 2.24) is 14.9 Å². The van der Waals surface area contributed by atoms with E-state index < -0.39 is 0 Å². The molecule has 0 N–H and O–H groups in total. The van der Waals surface area contributed by atoms with Crippen LogP contribution in [-0.2, 0) is 0 Å². The molecule has 104 valence electrons. The van der Waals surface area contributed by atoms with E-state index in [1.54, 1.807) is 6.20 Å². The molecular weight excluding hydrogens is 238 g/mol. The second-order valence-electron chi connectivity index (χ2n) is 4.33. The summed E-state index contributed by atoms with van der Waals surface area (Å²) in [5.41, 5.74) is 0.364. The topological polar surface area (TPSA) is 56.0 Å². The summed E-state index contributed by atoms with van der Waals surface area (Å²) in [5, 5.41) is 8.71. The highest BCUT2D eigenvalue weighted by Gasteiger charge is 2.07. The van der Waals surface area contributed by atoms with Crippen molar-refractivity contribution in [3.8, 4) is 6.07 Å². The minimum atomic E-state index is 0.364. The lowest BCUT2D eigenvalue weighted by atomic mass is 10.3. The molecule has 5 heteroatoms. The summed E-state index contributed by atoms with van der Waals surface area (Å²) in [4.78, 5) is 13.0. The predicted octanol–water partition coefficient (Wildman–Crippen LogP) is 1.91. The third-order valence-electron chi connectivity index (χ3n) is 3.26. The molecule has 0 aliphatic heterocycles. The SMILES string of the molecule is CCN(CC)CCCN(CC)c1cnc(C#N)cn1. The van der Waals surface area contributed by atoms with Gasteiger partial charge in [0.2, 0.25) is 0 Å². The summed E-state index contributed by atoms with van der Waals surface area (Å²) in [6, 6.07) is 1.99. The van der Waals surface area contributed by atoms with Gasteiger partial charge in [0.25, 0.3) is 0 Å². The summed E-state index contributed by atoms with van der Waals surface area (Å²) in [7, 11) is 0. The maximum Gasteiger partial charge on any atom is 0.158 e. The van der Waals surface area contributed by atoms with Crippen LogP contribution < -0.4 is 4.90 Å². The van der Waals surface area contributed by atoms with Crippen LogP contribution in [-0.4, -0.2) is 47.6 Å². The smallest absolute Gasteiger partial charge is 0.158 e. The molecule has 19 heavy (non-hydrogen) atoms. The van der Waals surface area contributed by atoms with Crippen LogP contribution in [0.5, 0.6) is 0 Å². The number of nitriles is 1. The normalized spacial score (nSPS) is 10.5. The quantitative estimate of drug-likeness (QED) is 0.715. The molecule has 1 heterocycles. The van der Waals surface area contributed by atoms with Gasteiger partial charge in [-0.2, -0.15) is 5.26 Å². The monoisotopic (exact) mass is 261 g/mol. The molecule has 0 bridgehead atoms. The fraction of sp³-hybridized carbons (Fsp3) is 0.643. The predicted molar refractivity (Wildman–Crippen MR) is 77.0 cm³/mol. The summed E-state index contributed by atoms with van der Waals surface area (Å²) in [6.07, 6.45) is 4.32. The van der Waals surface area contributed by atoms with E-state index in [9.17, 15) is 0 Å². The molecule has 0 radical (unpaired) electrons. The molecular formula is C14H23N5. The molecule has 0 fully saturated rings. The zero-order valence-electron chi connectivity index (χ0n) is 12.1. The lowest BCUT2D eigenvalue weighted by Gasteiger charge is -2.24. The zero-order valence-corrected chi connectivity index (χ0v) is 12.1. The minimum absolute atomic E-state index is 0.364. The van der Waals surface area contributed by atoms with Crippen LogP contribution in [0.1, 0.15) is 32.9 Å². The van der Waals surface area contributed by atoms with Gasteiger partial charge in [-0.15, -0.1) is 0 Å². The summed E-state index contributed by atoms with van der Waals surface area (Å²) in [6.45, 7) is 11.6. The molecule has 0 atom stereocenters. The van der Waals surface area contributed by atoms with Crippen molar-refractivity contribution < 1.29 is 0 Å². The molecule has 0 saturated heterocycles. The maximum atomic E-state index is 8.71. The first-order chi connectivity index (χ1) is 9.24. The second kappa shape index (κ2) is 8.44. The minimum Gasteiger partial charge on any atom is -0.356 e. The first kappa shape index (κ1) is 15.4.